The van der Waals surface area contributed by atoms with Gasteiger partial charge < -0.3 is 4.90 Å². The van der Waals surface area contributed by atoms with Gasteiger partial charge in [0.05, 0.1) is 6.42 Å². The van der Waals surface area contributed by atoms with Crippen LogP contribution in [0.25, 0.3) is 17.2 Å². The number of nitrogens with zero attached hydrogens (tertiary/aromatic N) is 2. The number of likely N-dealkylation sites (N-methyl/N-ethyl adjacent to an activating group) is 1. The van der Waals surface area contributed by atoms with Crippen LogP contribution in [0.2, 0.25) is 0 Å². The Morgan fingerprint density at radius 3 is 3.00 bits per heavy atom. The quantitative estimate of drug-likeness (QED) is 0.821. The van der Waals surface area contributed by atoms with Gasteiger partial charge in [0.2, 0.25) is 5.91 Å². The predicted octanol–water partition coefficient (Wildman–Crippen LogP) is 2.91. The van der Waals surface area contributed by atoms with Crippen molar-refractivity contribution in [1.29, 1.82) is 0 Å². The van der Waals surface area contributed by atoms with Crippen molar-refractivity contribution in [3.63, 3.8) is 0 Å². The molecule has 0 aliphatic carbocycles. The number of benzene rings is 1. The molecule has 3 nitrogen and oxygen atoms in total. The fraction of sp³-hybridized carbons (Fsp3) is 0.125. The van der Waals surface area contributed by atoms with Gasteiger partial charge in [0.15, 0.2) is 0 Å². The summed E-state index contributed by atoms with van der Waals surface area (Å²) in [5.41, 5.74) is 5.24. The van der Waals surface area contributed by atoms with E-state index < -0.39 is 0 Å². The van der Waals surface area contributed by atoms with Crippen LogP contribution in [-0.2, 0) is 11.2 Å². The molecule has 0 bridgehead atoms. The molecule has 1 aromatic carbocycles. The number of carbonyl (C=O) groups is 1. The maximum absolute atomic E-state index is 11.7. The summed E-state index contributed by atoms with van der Waals surface area (Å²) in [6, 6.07) is 8.03. The molecule has 19 heavy (non-hydrogen) atoms. The van der Waals surface area contributed by atoms with Crippen LogP contribution < -0.4 is 4.90 Å². The maximum atomic E-state index is 11.7. The molecule has 3 rings (SSSR count). The molecule has 2 aromatic rings. The highest BCUT2D eigenvalue weighted by molar-refractivity contribution is 6.01. The first kappa shape index (κ1) is 11.7. The average Bonchev–Trinajstić information content (AvgIpc) is 2.73. The zero-order valence-corrected chi connectivity index (χ0v) is 10.8. The zero-order valence-electron chi connectivity index (χ0n) is 10.8. The van der Waals surface area contributed by atoms with Crippen LogP contribution >= 0.6 is 0 Å². The average molecular weight is 250 g/mol. The lowest BCUT2D eigenvalue weighted by Crippen LogP contribution is -2.20. The molecule has 0 saturated carbocycles. The Labute approximate surface area is 112 Å². The second-order valence-electron chi connectivity index (χ2n) is 4.64. The van der Waals surface area contributed by atoms with E-state index in [1.165, 1.54) is 0 Å². The molecular formula is C16H14N2O. The fourth-order valence-corrected chi connectivity index (χ4v) is 2.46. The second kappa shape index (κ2) is 4.35. The van der Waals surface area contributed by atoms with Gasteiger partial charge in [0, 0.05) is 30.7 Å². The van der Waals surface area contributed by atoms with E-state index in [2.05, 4.69) is 17.6 Å². The fourth-order valence-electron chi connectivity index (χ4n) is 2.46. The monoisotopic (exact) mass is 250 g/mol. The normalized spacial score (nSPS) is 13.5. The summed E-state index contributed by atoms with van der Waals surface area (Å²) >= 11 is 0. The number of anilines is 1. The molecule has 0 saturated heterocycles. The molecule has 0 spiro atoms. The SMILES string of the molecule is C=Cc1ccncc1-c1ccc2c(c1)CC(=O)N2C. The van der Waals surface area contributed by atoms with Crippen molar-refractivity contribution in [2.24, 2.45) is 0 Å². The molecule has 2 heterocycles. The minimum Gasteiger partial charge on any atom is -0.315 e. The van der Waals surface area contributed by atoms with Crippen LogP contribution in [-0.4, -0.2) is 17.9 Å². The van der Waals surface area contributed by atoms with E-state index in [0.29, 0.717) is 6.42 Å². The number of rotatable bonds is 2. The first-order valence-electron chi connectivity index (χ1n) is 6.17. The summed E-state index contributed by atoms with van der Waals surface area (Å²) in [6.45, 7) is 3.82. The Bertz CT molecular complexity index is 676. The van der Waals surface area contributed by atoms with Gasteiger partial charge in [-0.15, -0.1) is 0 Å². The van der Waals surface area contributed by atoms with Gasteiger partial charge in [-0.2, -0.15) is 0 Å². The first-order valence-corrected chi connectivity index (χ1v) is 6.17. The predicted molar refractivity (Wildman–Crippen MR) is 76.9 cm³/mol. The Morgan fingerprint density at radius 1 is 1.37 bits per heavy atom. The minimum absolute atomic E-state index is 0.141. The van der Waals surface area contributed by atoms with E-state index in [-0.39, 0.29) is 5.91 Å². The summed E-state index contributed by atoms with van der Waals surface area (Å²) in [5, 5.41) is 0. The van der Waals surface area contributed by atoms with Gasteiger partial charge >= 0.3 is 0 Å². The van der Waals surface area contributed by atoms with Gasteiger partial charge in [-0.25, -0.2) is 0 Å². The molecule has 0 fully saturated rings. The molecule has 0 atom stereocenters. The second-order valence-corrected chi connectivity index (χ2v) is 4.64. The number of amides is 1. The van der Waals surface area contributed by atoms with E-state index in [4.69, 9.17) is 0 Å². The van der Waals surface area contributed by atoms with Crippen LogP contribution in [0, 0.1) is 0 Å². The van der Waals surface area contributed by atoms with Gasteiger partial charge in [-0.05, 0) is 34.9 Å². The van der Waals surface area contributed by atoms with E-state index in [1.807, 2.05) is 37.5 Å². The van der Waals surface area contributed by atoms with E-state index in [1.54, 1.807) is 11.1 Å². The lowest BCUT2D eigenvalue weighted by atomic mass is 9.99. The van der Waals surface area contributed by atoms with Crippen LogP contribution in [0.15, 0.2) is 43.2 Å². The molecule has 94 valence electrons. The molecule has 0 unspecified atom stereocenters. The van der Waals surface area contributed by atoms with Gasteiger partial charge in [0.25, 0.3) is 0 Å². The van der Waals surface area contributed by atoms with Crippen molar-refractivity contribution in [3.05, 3.63) is 54.4 Å². The number of aromatic nitrogens is 1. The van der Waals surface area contributed by atoms with Gasteiger partial charge in [0.1, 0.15) is 0 Å². The minimum atomic E-state index is 0.141. The molecular weight excluding hydrogens is 236 g/mol. The van der Waals surface area contributed by atoms with Crippen LogP contribution in [0.4, 0.5) is 5.69 Å². The Hall–Kier alpha value is -2.42. The summed E-state index contributed by atoms with van der Waals surface area (Å²) in [5.74, 6) is 0.141. The van der Waals surface area contributed by atoms with Crippen LogP contribution in [0.1, 0.15) is 11.1 Å². The third-order valence-corrected chi connectivity index (χ3v) is 3.54. The van der Waals surface area contributed by atoms with Crippen molar-refractivity contribution >= 4 is 17.7 Å². The maximum Gasteiger partial charge on any atom is 0.231 e. The van der Waals surface area contributed by atoms with Crippen molar-refractivity contribution in [2.75, 3.05) is 11.9 Å². The molecule has 1 aromatic heterocycles. The van der Waals surface area contributed by atoms with E-state index in [0.717, 1.165) is 27.9 Å². The lowest BCUT2D eigenvalue weighted by Gasteiger charge is -2.11. The molecule has 0 radical (unpaired) electrons. The van der Waals surface area contributed by atoms with Crippen molar-refractivity contribution in [3.8, 4) is 11.1 Å². The standard InChI is InChI=1S/C16H14N2O/c1-3-11-6-7-17-10-14(11)12-4-5-15-13(8-12)9-16(19)18(15)2/h3-8,10H,1,9H2,2H3. The molecule has 0 N–H and O–H groups in total. The van der Waals surface area contributed by atoms with Crippen molar-refractivity contribution < 1.29 is 4.79 Å². The lowest BCUT2D eigenvalue weighted by molar-refractivity contribution is -0.117. The molecule has 1 aliphatic heterocycles. The van der Waals surface area contributed by atoms with Crippen molar-refractivity contribution in [2.45, 2.75) is 6.42 Å². The van der Waals surface area contributed by atoms with E-state index >= 15 is 0 Å². The highest BCUT2D eigenvalue weighted by Gasteiger charge is 2.24. The number of hydrogen-bond donors (Lipinski definition) is 0. The highest BCUT2D eigenvalue weighted by Crippen LogP contribution is 2.33. The molecule has 3 heteroatoms. The topological polar surface area (TPSA) is 33.2 Å². The molecule has 1 aliphatic rings. The summed E-state index contributed by atoms with van der Waals surface area (Å²) in [4.78, 5) is 17.6. The highest BCUT2D eigenvalue weighted by atomic mass is 16.2. The number of hydrogen-bond acceptors (Lipinski definition) is 2. The van der Waals surface area contributed by atoms with Crippen molar-refractivity contribution in [1.82, 2.24) is 4.98 Å². The van der Waals surface area contributed by atoms with Gasteiger partial charge in [-0.3, -0.25) is 9.78 Å². The Balaban J connectivity index is 2.11. The first-order chi connectivity index (χ1) is 9.20. The van der Waals surface area contributed by atoms with Crippen LogP contribution in [0.5, 0.6) is 0 Å². The smallest absolute Gasteiger partial charge is 0.231 e. The van der Waals surface area contributed by atoms with Gasteiger partial charge in [-0.1, -0.05) is 18.7 Å². The number of carbonyl (C=O) groups excluding carboxylic acids is 1. The Kier molecular flexibility index (Phi) is 2.67. The third kappa shape index (κ3) is 1.83. The summed E-state index contributed by atoms with van der Waals surface area (Å²) < 4.78 is 0. The largest absolute Gasteiger partial charge is 0.315 e. The van der Waals surface area contributed by atoms with E-state index in [9.17, 15) is 4.79 Å². The third-order valence-electron chi connectivity index (χ3n) is 3.54. The summed E-state index contributed by atoms with van der Waals surface area (Å²) in [6.07, 6.45) is 5.88. The van der Waals surface area contributed by atoms with Crippen LogP contribution in [0.3, 0.4) is 0 Å². The number of fused-ring (bicyclic) bond motifs is 1. The Morgan fingerprint density at radius 2 is 2.21 bits per heavy atom. The number of pyridine rings is 1. The zero-order chi connectivity index (χ0) is 13.4. The molecule has 1 amide bonds. The summed E-state index contributed by atoms with van der Waals surface area (Å²) in [7, 11) is 1.81.